The zero-order valence-electron chi connectivity index (χ0n) is 15.6. The van der Waals surface area contributed by atoms with Gasteiger partial charge in [-0.3, -0.25) is 0 Å². The Hall–Kier alpha value is -2.46. The van der Waals surface area contributed by atoms with E-state index in [9.17, 15) is 22.0 Å². The zero-order chi connectivity index (χ0) is 21.6. The van der Waals surface area contributed by atoms with E-state index >= 15 is 0 Å². The molecule has 1 aromatic carbocycles. The molecule has 5 nitrogen and oxygen atoms in total. The first kappa shape index (κ1) is 20.8. The van der Waals surface area contributed by atoms with Gasteiger partial charge in [0.15, 0.2) is 6.10 Å². The quantitative estimate of drug-likeness (QED) is 0.492. The number of rotatable bonds is 4. The second-order valence-corrected chi connectivity index (χ2v) is 7.17. The van der Waals surface area contributed by atoms with Gasteiger partial charge >= 0.3 is 12.8 Å². The van der Waals surface area contributed by atoms with Crippen LogP contribution in [0.15, 0.2) is 24.3 Å². The molecule has 1 aliphatic heterocycles. The fourth-order valence-corrected chi connectivity index (χ4v) is 3.90. The zero-order valence-corrected chi connectivity index (χ0v) is 16.3. The molecule has 1 unspecified atom stereocenters. The highest BCUT2D eigenvalue weighted by molar-refractivity contribution is 6.35. The standard InChI is InChI=1S/C19H15ClF5N4O/c1-10-13(4-2-7-26-10)28-8-3-9-29-15-11(16(19(23,24)25)30-17(21)22)5-6-12(20)14(15)27-18(28)29/h2,4-6,16-17H,3,8-9H2,1H3. The SMILES string of the molecule is Cc1n[c]ccc1N1CCCn2c1nc1c(Cl)ccc(C(OC(F)F)C(F)(F)F)c12. The van der Waals surface area contributed by atoms with E-state index < -0.39 is 24.5 Å². The Morgan fingerprint density at radius 3 is 2.63 bits per heavy atom. The van der Waals surface area contributed by atoms with Gasteiger partial charge in [-0.1, -0.05) is 17.7 Å². The third kappa shape index (κ3) is 3.58. The summed E-state index contributed by atoms with van der Waals surface area (Å²) >= 11 is 6.22. The molecule has 1 aliphatic rings. The molecule has 0 bridgehead atoms. The van der Waals surface area contributed by atoms with Crippen molar-refractivity contribution in [3.8, 4) is 0 Å². The summed E-state index contributed by atoms with van der Waals surface area (Å²) in [6.07, 6.45) is -4.55. The molecule has 0 saturated heterocycles. The van der Waals surface area contributed by atoms with Gasteiger partial charge in [0.05, 0.1) is 28.1 Å². The van der Waals surface area contributed by atoms with Crippen LogP contribution in [0.25, 0.3) is 11.0 Å². The van der Waals surface area contributed by atoms with E-state index in [1.807, 2.05) is 4.90 Å². The molecule has 0 aliphatic carbocycles. The molecule has 4 rings (SSSR count). The lowest BCUT2D eigenvalue weighted by atomic mass is 10.1. The Morgan fingerprint density at radius 1 is 1.20 bits per heavy atom. The highest BCUT2D eigenvalue weighted by atomic mass is 35.5. The predicted molar refractivity (Wildman–Crippen MR) is 100 cm³/mol. The molecule has 0 fully saturated rings. The lowest BCUT2D eigenvalue weighted by Crippen LogP contribution is -2.30. The Bertz CT molecular complexity index is 1080. The average molecular weight is 446 g/mol. The van der Waals surface area contributed by atoms with Crippen LogP contribution in [0.5, 0.6) is 0 Å². The Balaban J connectivity index is 1.95. The smallest absolute Gasteiger partial charge is 0.310 e. The second-order valence-electron chi connectivity index (χ2n) is 6.77. The van der Waals surface area contributed by atoms with Crippen LogP contribution in [-0.4, -0.2) is 33.9 Å². The first-order valence-corrected chi connectivity index (χ1v) is 9.36. The molecule has 1 atom stereocenters. The van der Waals surface area contributed by atoms with Gasteiger partial charge in [-0.05, 0) is 31.5 Å². The highest BCUT2D eigenvalue weighted by Crippen LogP contribution is 2.44. The lowest BCUT2D eigenvalue weighted by Gasteiger charge is -2.30. The fraction of sp³-hybridized carbons (Fsp3) is 0.368. The van der Waals surface area contributed by atoms with Crippen LogP contribution >= 0.6 is 11.6 Å². The summed E-state index contributed by atoms with van der Waals surface area (Å²) in [6, 6.07) is 5.67. The summed E-state index contributed by atoms with van der Waals surface area (Å²) in [6.45, 7) is -0.918. The number of hydrogen-bond donors (Lipinski definition) is 0. The van der Waals surface area contributed by atoms with E-state index in [0.717, 1.165) is 11.8 Å². The van der Waals surface area contributed by atoms with E-state index in [1.54, 1.807) is 23.6 Å². The van der Waals surface area contributed by atoms with Crippen molar-refractivity contribution in [1.82, 2.24) is 14.5 Å². The van der Waals surface area contributed by atoms with Gasteiger partial charge in [0.2, 0.25) is 5.95 Å². The van der Waals surface area contributed by atoms with Crippen molar-refractivity contribution in [2.45, 2.75) is 38.8 Å². The van der Waals surface area contributed by atoms with Crippen molar-refractivity contribution in [2.75, 3.05) is 11.4 Å². The number of fused-ring (bicyclic) bond motifs is 3. The maximum atomic E-state index is 13.6. The van der Waals surface area contributed by atoms with E-state index in [0.29, 0.717) is 31.2 Å². The second kappa shape index (κ2) is 7.66. The largest absolute Gasteiger partial charge is 0.419 e. The summed E-state index contributed by atoms with van der Waals surface area (Å²) in [5.74, 6) is 0.361. The van der Waals surface area contributed by atoms with Gasteiger partial charge in [-0.25, -0.2) is 9.97 Å². The van der Waals surface area contributed by atoms with Crippen molar-refractivity contribution < 1.29 is 26.7 Å². The third-order valence-electron chi connectivity index (χ3n) is 4.89. The Labute approximate surface area is 173 Å². The first-order valence-electron chi connectivity index (χ1n) is 8.98. The molecule has 0 spiro atoms. The highest BCUT2D eigenvalue weighted by Gasteiger charge is 2.45. The van der Waals surface area contributed by atoms with Crippen molar-refractivity contribution in [3.63, 3.8) is 0 Å². The molecule has 2 aromatic heterocycles. The van der Waals surface area contributed by atoms with Crippen molar-refractivity contribution >= 4 is 34.3 Å². The minimum absolute atomic E-state index is 0.0262. The van der Waals surface area contributed by atoms with Gasteiger partial charge in [0.25, 0.3) is 0 Å². The maximum Gasteiger partial charge on any atom is 0.419 e. The summed E-state index contributed by atoms with van der Waals surface area (Å²) in [7, 11) is 0. The number of benzene rings is 1. The van der Waals surface area contributed by atoms with Crippen molar-refractivity contribution in [1.29, 1.82) is 0 Å². The summed E-state index contributed by atoms with van der Waals surface area (Å²) < 4.78 is 71.9. The van der Waals surface area contributed by atoms with Crippen LogP contribution in [0.1, 0.15) is 23.8 Å². The minimum atomic E-state index is -5.05. The molecule has 3 aromatic rings. The summed E-state index contributed by atoms with van der Waals surface area (Å²) in [5.41, 5.74) is 1.05. The number of nitrogens with zero attached hydrogens (tertiary/aromatic N) is 4. The molecule has 11 heteroatoms. The average Bonchev–Trinajstić information content (AvgIpc) is 3.07. The number of anilines is 2. The van der Waals surface area contributed by atoms with Crippen LogP contribution in [-0.2, 0) is 11.3 Å². The molecule has 0 saturated carbocycles. The van der Waals surface area contributed by atoms with Crippen molar-refractivity contribution in [3.05, 3.63) is 46.7 Å². The Morgan fingerprint density at radius 2 is 1.97 bits per heavy atom. The number of imidazole rings is 1. The minimum Gasteiger partial charge on any atom is -0.310 e. The van der Waals surface area contributed by atoms with Crippen LogP contribution in [0, 0.1) is 13.1 Å². The monoisotopic (exact) mass is 445 g/mol. The van der Waals surface area contributed by atoms with E-state index in [4.69, 9.17) is 11.6 Å². The normalized spacial score (nSPS) is 15.7. The molecule has 0 amide bonds. The van der Waals surface area contributed by atoms with Gasteiger partial charge in [-0.15, -0.1) is 0 Å². The van der Waals surface area contributed by atoms with E-state index in [-0.39, 0.29) is 16.1 Å². The molecule has 1 radical (unpaired) electrons. The molecule has 30 heavy (non-hydrogen) atoms. The Kier molecular flexibility index (Phi) is 5.31. The summed E-state index contributed by atoms with van der Waals surface area (Å²) in [4.78, 5) is 10.4. The maximum absolute atomic E-state index is 13.6. The van der Waals surface area contributed by atoms with Crippen LogP contribution in [0.2, 0.25) is 5.02 Å². The van der Waals surface area contributed by atoms with Crippen molar-refractivity contribution in [2.24, 2.45) is 0 Å². The molecular weight excluding hydrogens is 431 g/mol. The van der Waals surface area contributed by atoms with Gasteiger partial charge in [0, 0.05) is 18.7 Å². The van der Waals surface area contributed by atoms with E-state index in [2.05, 4.69) is 20.9 Å². The number of ether oxygens (including phenoxy) is 1. The van der Waals surface area contributed by atoms with Crippen LogP contribution in [0.4, 0.5) is 33.6 Å². The summed E-state index contributed by atoms with van der Waals surface area (Å²) in [5, 5.41) is 0.116. The predicted octanol–water partition coefficient (Wildman–Crippen LogP) is 5.58. The number of pyridine rings is 1. The number of aryl methyl sites for hydroxylation is 2. The van der Waals surface area contributed by atoms with E-state index in [1.165, 1.54) is 6.07 Å². The molecular formula is C19H15ClF5N4O. The fourth-order valence-electron chi connectivity index (χ4n) is 3.71. The number of halogens is 6. The van der Waals surface area contributed by atoms with Gasteiger partial charge < -0.3 is 14.2 Å². The number of alkyl halides is 5. The topological polar surface area (TPSA) is 43.2 Å². The lowest BCUT2D eigenvalue weighted by molar-refractivity contribution is -0.276. The van der Waals surface area contributed by atoms with Gasteiger partial charge in [0.1, 0.15) is 5.52 Å². The van der Waals surface area contributed by atoms with Crippen LogP contribution in [0.3, 0.4) is 0 Å². The molecule has 159 valence electrons. The molecule has 0 N–H and O–H groups in total. The number of hydrogen-bond acceptors (Lipinski definition) is 4. The van der Waals surface area contributed by atoms with Crippen LogP contribution < -0.4 is 4.90 Å². The number of aromatic nitrogens is 3. The first-order chi connectivity index (χ1) is 14.2. The van der Waals surface area contributed by atoms with Gasteiger partial charge in [-0.2, -0.15) is 22.0 Å². The molecule has 3 heterocycles. The third-order valence-corrected chi connectivity index (χ3v) is 5.19.